The van der Waals surface area contributed by atoms with Crippen LogP contribution in [0.4, 0.5) is 27.6 Å². The zero-order valence-electron chi connectivity index (χ0n) is 23.5. The first-order chi connectivity index (χ1) is 21.0. The van der Waals surface area contributed by atoms with Crippen LogP contribution in [0.5, 0.6) is 5.75 Å². The van der Waals surface area contributed by atoms with Crippen molar-refractivity contribution in [2.45, 2.75) is 63.5 Å². The van der Waals surface area contributed by atoms with Crippen molar-refractivity contribution in [2.24, 2.45) is 0 Å². The fraction of sp³-hybridized carbons (Fsp3) is 0.344. The van der Waals surface area contributed by atoms with Crippen molar-refractivity contribution in [3.63, 3.8) is 0 Å². The van der Waals surface area contributed by atoms with Gasteiger partial charge in [0.2, 0.25) is 11.7 Å². The number of hydrogen-bond donors (Lipinski definition) is 2. The van der Waals surface area contributed by atoms with Crippen molar-refractivity contribution in [1.82, 2.24) is 4.90 Å². The molecule has 12 heteroatoms. The van der Waals surface area contributed by atoms with E-state index in [0.717, 1.165) is 48.3 Å². The smallest absolute Gasteiger partial charge is 0.339 e. The number of rotatable bonds is 7. The summed E-state index contributed by atoms with van der Waals surface area (Å²) in [5.74, 6) is -15.4. The van der Waals surface area contributed by atoms with Crippen LogP contribution in [0.3, 0.4) is 0 Å². The number of halogens is 5. The number of carbonyl (C=O) groups excluding carboxylic acids is 2. The summed E-state index contributed by atoms with van der Waals surface area (Å²) in [6.07, 6.45) is 5.87. The van der Waals surface area contributed by atoms with Gasteiger partial charge in [-0.15, -0.1) is 0 Å². The second-order valence-electron chi connectivity index (χ2n) is 11.1. The molecule has 2 N–H and O–H groups in total. The van der Waals surface area contributed by atoms with Gasteiger partial charge in [0, 0.05) is 18.3 Å². The van der Waals surface area contributed by atoms with Gasteiger partial charge in [0.25, 0.3) is 5.91 Å². The molecule has 2 amide bonds. The Morgan fingerprint density at radius 3 is 2.00 bits per heavy atom. The number of anilines is 1. The van der Waals surface area contributed by atoms with Crippen LogP contribution in [-0.4, -0.2) is 45.5 Å². The van der Waals surface area contributed by atoms with E-state index in [1.165, 1.54) is 17.4 Å². The third kappa shape index (κ3) is 5.85. The summed E-state index contributed by atoms with van der Waals surface area (Å²) in [5.41, 5.74) is -0.179. The molecular formula is C32H29F5N2O5. The Bertz CT molecular complexity index is 1580. The minimum absolute atomic E-state index is 0.0241. The van der Waals surface area contributed by atoms with Crippen molar-refractivity contribution in [2.75, 3.05) is 11.4 Å². The van der Waals surface area contributed by atoms with E-state index in [2.05, 4.69) is 0 Å². The summed E-state index contributed by atoms with van der Waals surface area (Å²) in [6.45, 7) is -0.279. The molecule has 2 aliphatic rings. The first-order valence-electron chi connectivity index (χ1n) is 14.3. The van der Waals surface area contributed by atoms with Gasteiger partial charge in [-0.05, 0) is 54.9 Å². The average Bonchev–Trinajstić information content (AvgIpc) is 3.52. The maximum atomic E-state index is 14.5. The van der Waals surface area contributed by atoms with Gasteiger partial charge < -0.3 is 20.0 Å². The molecule has 0 spiro atoms. The van der Waals surface area contributed by atoms with Crippen LogP contribution in [-0.2, 0) is 11.3 Å². The normalized spacial score (nSPS) is 17.1. The van der Waals surface area contributed by atoms with Crippen molar-refractivity contribution < 1.29 is 46.5 Å². The molecule has 7 nitrogen and oxygen atoms in total. The lowest BCUT2D eigenvalue weighted by atomic mass is 9.84. The van der Waals surface area contributed by atoms with E-state index in [4.69, 9.17) is 0 Å². The number of carboxylic acids is 1. The van der Waals surface area contributed by atoms with Crippen LogP contribution >= 0.6 is 0 Å². The Balaban J connectivity index is 1.48. The molecule has 1 aliphatic heterocycles. The minimum Gasteiger partial charge on any atom is -0.507 e. The monoisotopic (exact) mass is 616 g/mol. The number of hydrogen-bond acceptors (Lipinski definition) is 4. The Morgan fingerprint density at radius 1 is 0.795 bits per heavy atom. The molecular weight excluding hydrogens is 587 g/mol. The molecule has 3 aromatic carbocycles. The van der Waals surface area contributed by atoms with Crippen molar-refractivity contribution >= 4 is 23.5 Å². The van der Waals surface area contributed by atoms with Gasteiger partial charge in [-0.3, -0.25) is 9.59 Å². The quantitative estimate of drug-likeness (QED) is 0.176. The number of likely N-dealkylation sites (tertiary alicyclic amines) is 1. The first-order valence-corrected chi connectivity index (χ1v) is 14.3. The number of carbonyl (C=O) groups is 3. The lowest BCUT2D eigenvalue weighted by Gasteiger charge is -2.31. The fourth-order valence-electron chi connectivity index (χ4n) is 6.06. The standard InChI is InChI=1S/C32H29F5N2O5/c33-25-24(26(34)28(36)29(37)27(25)35)31(42)38-14-4-7-22(38)30(41)39(20-12-13-21(32(43)44)23(40)15-20)16-17-8-10-19(11-9-17)18-5-2-1-3-6-18/h8-13,15,18,22,40H,1-7,14,16H2,(H,43,44)/t22-/m1/s1. The van der Waals surface area contributed by atoms with Crippen molar-refractivity contribution in [3.8, 4) is 5.75 Å². The summed E-state index contributed by atoms with van der Waals surface area (Å²) in [7, 11) is 0. The van der Waals surface area contributed by atoms with Gasteiger partial charge in [-0.25, -0.2) is 26.7 Å². The molecule has 232 valence electrons. The number of benzene rings is 3. The van der Waals surface area contributed by atoms with Crippen molar-refractivity contribution in [1.29, 1.82) is 0 Å². The fourth-order valence-corrected chi connectivity index (χ4v) is 6.06. The highest BCUT2D eigenvalue weighted by Crippen LogP contribution is 2.34. The van der Waals surface area contributed by atoms with Gasteiger partial charge in [-0.2, -0.15) is 0 Å². The molecule has 0 unspecified atom stereocenters. The van der Waals surface area contributed by atoms with Gasteiger partial charge >= 0.3 is 5.97 Å². The second kappa shape index (κ2) is 12.6. The van der Waals surface area contributed by atoms with Crippen LogP contribution in [0, 0.1) is 29.1 Å². The number of phenols is 1. The Morgan fingerprint density at radius 2 is 1.41 bits per heavy atom. The van der Waals surface area contributed by atoms with Crippen molar-refractivity contribution in [3.05, 3.63) is 93.8 Å². The van der Waals surface area contributed by atoms with Gasteiger partial charge in [0.05, 0.1) is 6.54 Å². The number of aromatic carboxylic acids is 1. The molecule has 2 fully saturated rings. The predicted molar refractivity (Wildman–Crippen MR) is 149 cm³/mol. The van der Waals surface area contributed by atoms with E-state index in [1.807, 2.05) is 24.3 Å². The molecule has 0 aromatic heterocycles. The van der Waals surface area contributed by atoms with E-state index in [1.54, 1.807) is 0 Å². The maximum absolute atomic E-state index is 14.5. The van der Waals surface area contributed by atoms with E-state index in [0.29, 0.717) is 11.5 Å². The highest BCUT2D eigenvalue weighted by Gasteiger charge is 2.41. The Kier molecular flexibility index (Phi) is 8.89. The van der Waals surface area contributed by atoms with E-state index in [-0.39, 0.29) is 31.6 Å². The lowest BCUT2D eigenvalue weighted by molar-refractivity contribution is -0.122. The van der Waals surface area contributed by atoms with Crippen LogP contribution in [0.25, 0.3) is 0 Å². The van der Waals surface area contributed by atoms with E-state index < -0.39 is 69.8 Å². The van der Waals surface area contributed by atoms with E-state index >= 15 is 0 Å². The largest absolute Gasteiger partial charge is 0.507 e. The minimum atomic E-state index is -2.41. The molecule has 5 rings (SSSR count). The summed E-state index contributed by atoms with van der Waals surface area (Å²) in [4.78, 5) is 40.7. The molecule has 3 aromatic rings. The molecule has 1 heterocycles. The molecule has 1 saturated heterocycles. The average molecular weight is 617 g/mol. The molecule has 1 atom stereocenters. The molecule has 1 aliphatic carbocycles. The molecule has 44 heavy (non-hydrogen) atoms. The zero-order chi connectivity index (χ0) is 31.7. The third-order valence-corrected chi connectivity index (χ3v) is 8.41. The number of carboxylic acid groups (broad SMARTS) is 1. The Hall–Kier alpha value is -4.48. The topological polar surface area (TPSA) is 98.2 Å². The second-order valence-corrected chi connectivity index (χ2v) is 11.1. The van der Waals surface area contributed by atoms with Gasteiger partial charge in [-0.1, -0.05) is 43.5 Å². The van der Waals surface area contributed by atoms with Crippen LogP contribution < -0.4 is 4.90 Å². The number of aromatic hydroxyl groups is 1. The maximum Gasteiger partial charge on any atom is 0.339 e. The van der Waals surface area contributed by atoms with Crippen LogP contribution in [0.15, 0.2) is 42.5 Å². The van der Waals surface area contributed by atoms with Gasteiger partial charge in [0.15, 0.2) is 23.3 Å². The zero-order valence-corrected chi connectivity index (χ0v) is 23.5. The van der Waals surface area contributed by atoms with Gasteiger partial charge in [0.1, 0.15) is 22.9 Å². The Labute approximate surface area is 249 Å². The number of nitrogens with zero attached hydrogens (tertiary/aromatic N) is 2. The SMILES string of the molecule is O=C(O)c1ccc(N(Cc2ccc(C3CCCCC3)cc2)C(=O)[C@H]2CCCN2C(=O)c2c(F)c(F)c(F)c(F)c2F)cc1O. The summed E-state index contributed by atoms with van der Waals surface area (Å²) >= 11 is 0. The van der Waals surface area contributed by atoms with E-state index in [9.17, 15) is 46.5 Å². The van der Waals surface area contributed by atoms with Crippen LogP contribution in [0.1, 0.15) is 82.7 Å². The highest BCUT2D eigenvalue weighted by atomic mass is 19.2. The predicted octanol–water partition coefficient (Wildman–Crippen LogP) is 6.67. The molecule has 0 radical (unpaired) electrons. The molecule has 1 saturated carbocycles. The van der Waals surface area contributed by atoms with Crippen LogP contribution in [0.2, 0.25) is 0 Å². The summed E-state index contributed by atoms with van der Waals surface area (Å²) < 4.78 is 70.5. The summed E-state index contributed by atoms with van der Waals surface area (Å²) in [5, 5.41) is 19.7. The highest BCUT2D eigenvalue weighted by molar-refractivity contribution is 6.03. The lowest BCUT2D eigenvalue weighted by Crippen LogP contribution is -2.48. The summed E-state index contributed by atoms with van der Waals surface area (Å²) in [6, 6.07) is 9.73. The third-order valence-electron chi connectivity index (χ3n) is 8.41. The first kappa shape index (κ1) is 31.0. The molecule has 0 bridgehead atoms. The number of amides is 2.